The van der Waals surface area contributed by atoms with E-state index in [0.717, 1.165) is 11.8 Å². The average molecular weight is 421 g/mol. The van der Waals surface area contributed by atoms with Crippen LogP contribution in [0, 0.1) is 0 Å². The van der Waals surface area contributed by atoms with Crippen LogP contribution in [0.4, 0.5) is 18.9 Å². The molecule has 0 radical (unpaired) electrons. The molecule has 148 valence electrons. The highest BCUT2D eigenvalue weighted by atomic mass is 35.5. The first-order valence-electron chi connectivity index (χ1n) is 8.37. The lowest BCUT2D eigenvalue weighted by molar-refractivity contribution is -0.143. The number of benzene rings is 2. The van der Waals surface area contributed by atoms with Gasteiger partial charge < -0.3 is 10.6 Å². The van der Waals surface area contributed by atoms with Crippen molar-refractivity contribution in [3.8, 4) is 5.69 Å². The molecule has 0 aliphatic carbocycles. The van der Waals surface area contributed by atoms with Gasteiger partial charge in [-0.25, -0.2) is 4.68 Å². The molecule has 10 heteroatoms. The predicted octanol–water partition coefficient (Wildman–Crippen LogP) is 4.04. The van der Waals surface area contributed by atoms with Gasteiger partial charge >= 0.3 is 6.18 Å². The summed E-state index contributed by atoms with van der Waals surface area (Å²) in [6, 6.07) is 10.3. The normalized spacial score (nSPS) is 13.2. The van der Waals surface area contributed by atoms with Crippen molar-refractivity contribution < 1.29 is 22.8 Å². The van der Waals surface area contributed by atoms with Crippen LogP contribution in [0.5, 0.6) is 0 Å². The summed E-state index contributed by atoms with van der Waals surface area (Å²) in [7, 11) is 0. The van der Waals surface area contributed by atoms with E-state index in [1.165, 1.54) is 36.4 Å². The second-order valence-corrected chi connectivity index (χ2v) is 6.74. The number of hydrogen-bond donors (Lipinski definition) is 2. The molecule has 2 N–H and O–H groups in total. The molecule has 4 rings (SSSR count). The Morgan fingerprint density at radius 1 is 1.21 bits per heavy atom. The van der Waals surface area contributed by atoms with Crippen molar-refractivity contribution >= 4 is 29.1 Å². The Labute approximate surface area is 167 Å². The van der Waals surface area contributed by atoms with E-state index in [2.05, 4.69) is 15.7 Å². The Morgan fingerprint density at radius 3 is 2.72 bits per heavy atom. The number of rotatable bonds is 3. The first-order chi connectivity index (χ1) is 13.7. The van der Waals surface area contributed by atoms with Gasteiger partial charge in [0.15, 0.2) is 5.69 Å². The van der Waals surface area contributed by atoms with E-state index >= 15 is 0 Å². The van der Waals surface area contributed by atoms with Crippen LogP contribution in [0.15, 0.2) is 48.7 Å². The van der Waals surface area contributed by atoms with E-state index in [1.54, 1.807) is 6.07 Å². The third-order valence-corrected chi connectivity index (χ3v) is 4.62. The molecule has 1 aromatic heterocycles. The van der Waals surface area contributed by atoms with Gasteiger partial charge in [0.1, 0.15) is 0 Å². The van der Waals surface area contributed by atoms with Gasteiger partial charge in [0, 0.05) is 22.8 Å². The minimum absolute atomic E-state index is 0.0677. The lowest BCUT2D eigenvalue weighted by atomic mass is 10.1. The minimum Gasteiger partial charge on any atom is -0.348 e. The Hall–Kier alpha value is -3.33. The smallest absolute Gasteiger partial charge is 0.348 e. The zero-order valence-corrected chi connectivity index (χ0v) is 15.3. The third-order valence-electron chi connectivity index (χ3n) is 4.39. The molecular weight excluding hydrogens is 409 g/mol. The van der Waals surface area contributed by atoms with E-state index in [9.17, 15) is 22.8 Å². The number of alkyl halides is 3. The largest absolute Gasteiger partial charge is 0.434 e. The molecule has 0 bridgehead atoms. The van der Waals surface area contributed by atoms with Crippen LogP contribution in [0.3, 0.4) is 0 Å². The molecule has 2 heterocycles. The summed E-state index contributed by atoms with van der Waals surface area (Å²) in [4.78, 5) is 24.3. The maximum absolute atomic E-state index is 13.7. The van der Waals surface area contributed by atoms with E-state index in [1.807, 2.05) is 0 Å². The van der Waals surface area contributed by atoms with Crippen molar-refractivity contribution in [1.29, 1.82) is 0 Å². The van der Waals surface area contributed by atoms with Gasteiger partial charge in [-0.2, -0.15) is 18.3 Å². The fourth-order valence-corrected chi connectivity index (χ4v) is 3.26. The zero-order chi connectivity index (χ0) is 20.8. The molecule has 0 spiro atoms. The molecule has 0 atom stereocenters. The van der Waals surface area contributed by atoms with Gasteiger partial charge in [-0.3, -0.25) is 9.59 Å². The van der Waals surface area contributed by atoms with Crippen molar-refractivity contribution in [3.05, 3.63) is 76.1 Å². The van der Waals surface area contributed by atoms with Gasteiger partial charge in [0.05, 0.1) is 17.4 Å². The number of nitrogens with one attached hydrogen (secondary N) is 2. The number of halogens is 4. The molecule has 0 fully saturated rings. The van der Waals surface area contributed by atoms with Gasteiger partial charge in [0.2, 0.25) is 0 Å². The van der Waals surface area contributed by atoms with E-state index in [-0.39, 0.29) is 22.3 Å². The molecule has 6 nitrogen and oxygen atoms in total. The van der Waals surface area contributed by atoms with Crippen molar-refractivity contribution in [3.63, 3.8) is 0 Å². The van der Waals surface area contributed by atoms with Crippen molar-refractivity contribution in [2.75, 3.05) is 5.32 Å². The van der Waals surface area contributed by atoms with Gasteiger partial charge in [0.25, 0.3) is 11.8 Å². The molecule has 2 aromatic carbocycles. The lowest BCUT2D eigenvalue weighted by Gasteiger charge is -2.13. The molecule has 0 saturated carbocycles. The second-order valence-electron chi connectivity index (χ2n) is 6.31. The Bertz CT molecular complexity index is 1140. The lowest BCUT2D eigenvalue weighted by Crippen LogP contribution is -2.21. The summed E-state index contributed by atoms with van der Waals surface area (Å²) in [5.74, 6) is -1.30. The number of aromatic nitrogens is 2. The average Bonchev–Trinajstić information content (AvgIpc) is 3.26. The highest BCUT2D eigenvalue weighted by Gasteiger charge is 2.40. The van der Waals surface area contributed by atoms with Gasteiger partial charge in [-0.05, 0) is 35.9 Å². The first-order valence-corrected chi connectivity index (χ1v) is 8.75. The third kappa shape index (κ3) is 3.56. The number of carbonyl (C=O) groups excluding carboxylic acids is 2. The summed E-state index contributed by atoms with van der Waals surface area (Å²) in [5.41, 5.74) is -0.489. The molecule has 1 aliphatic heterocycles. The first kappa shape index (κ1) is 19.0. The summed E-state index contributed by atoms with van der Waals surface area (Å²) in [5, 5.41) is 9.00. The Kier molecular flexibility index (Phi) is 4.54. The van der Waals surface area contributed by atoms with Gasteiger partial charge in [-0.15, -0.1) is 0 Å². The number of hydrogen-bond acceptors (Lipinski definition) is 3. The molecule has 1 aliphatic rings. The number of fused-ring (bicyclic) bond motifs is 1. The summed E-state index contributed by atoms with van der Waals surface area (Å²) >= 11 is 5.86. The predicted molar refractivity (Wildman–Crippen MR) is 99.1 cm³/mol. The minimum atomic E-state index is -4.84. The van der Waals surface area contributed by atoms with Crippen LogP contribution < -0.4 is 10.6 Å². The topological polar surface area (TPSA) is 76.0 Å². The van der Waals surface area contributed by atoms with Crippen molar-refractivity contribution in [1.82, 2.24) is 15.1 Å². The Morgan fingerprint density at radius 2 is 2.00 bits per heavy atom. The molecular formula is C19H12ClF3N4O2. The number of anilines is 1. The van der Waals surface area contributed by atoms with Crippen LogP contribution in [0.25, 0.3) is 5.69 Å². The van der Waals surface area contributed by atoms with Gasteiger partial charge in [-0.1, -0.05) is 23.7 Å². The summed E-state index contributed by atoms with van der Waals surface area (Å²) < 4.78 is 41.8. The molecule has 0 saturated heterocycles. The maximum atomic E-state index is 13.7. The molecule has 2 amide bonds. The number of amides is 2. The number of nitrogens with zero attached hydrogens (tertiary/aromatic N) is 2. The Balaban J connectivity index is 1.71. The van der Waals surface area contributed by atoms with E-state index in [4.69, 9.17) is 11.6 Å². The highest BCUT2D eigenvalue weighted by Crippen LogP contribution is 2.34. The van der Waals surface area contributed by atoms with Crippen LogP contribution in [0.1, 0.15) is 32.0 Å². The number of carbonyl (C=O) groups is 2. The van der Waals surface area contributed by atoms with Crippen LogP contribution in [-0.2, 0) is 12.7 Å². The van der Waals surface area contributed by atoms with E-state index < -0.39 is 23.3 Å². The van der Waals surface area contributed by atoms with E-state index in [0.29, 0.717) is 16.8 Å². The van der Waals surface area contributed by atoms with Crippen molar-refractivity contribution in [2.45, 2.75) is 12.7 Å². The van der Waals surface area contributed by atoms with Crippen LogP contribution in [0.2, 0.25) is 5.02 Å². The standard InChI is InChI=1S/C19H12ClF3N4O2/c20-11-2-1-3-13(6-11)27-16(19(21,22)23)15(9-25-27)18(29)26-12-5-4-10-8-24-17(28)14(10)7-12/h1-7,9H,8H2,(H,24,28)(H,26,29). The summed E-state index contributed by atoms with van der Waals surface area (Å²) in [6.07, 6.45) is -4.00. The summed E-state index contributed by atoms with van der Waals surface area (Å²) in [6.45, 7) is 0.368. The van der Waals surface area contributed by atoms with Crippen molar-refractivity contribution in [2.24, 2.45) is 0 Å². The second kappa shape index (κ2) is 6.93. The highest BCUT2D eigenvalue weighted by molar-refractivity contribution is 6.30. The molecule has 3 aromatic rings. The quantitative estimate of drug-likeness (QED) is 0.671. The van der Waals surface area contributed by atoms with Crippen LogP contribution >= 0.6 is 11.6 Å². The zero-order valence-electron chi connectivity index (χ0n) is 14.5. The SMILES string of the molecule is O=C1NCc2ccc(NC(=O)c3cnn(-c4cccc(Cl)c4)c3C(F)(F)F)cc21. The maximum Gasteiger partial charge on any atom is 0.434 e. The monoisotopic (exact) mass is 420 g/mol. The fraction of sp³-hybridized carbons (Fsp3) is 0.105. The fourth-order valence-electron chi connectivity index (χ4n) is 3.08. The molecule has 29 heavy (non-hydrogen) atoms. The molecule has 0 unspecified atom stereocenters. The van der Waals surface area contributed by atoms with Crippen LogP contribution in [-0.4, -0.2) is 21.6 Å².